The molecule has 10 nitrogen and oxygen atoms in total. The molecule has 0 spiro atoms. The van der Waals surface area contributed by atoms with Crippen molar-refractivity contribution in [3.63, 3.8) is 0 Å². The van der Waals surface area contributed by atoms with Crippen LogP contribution in [0, 0.1) is 0 Å². The maximum atomic E-state index is 14.0. The van der Waals surface area contributed by atoms with Crippen molar-refractivity contribution in [3.05, 3.63) is 156 Å². The van der Waals surface area contributed by atoms with Crippen molar-refractivity contribution in [3.8, 4) is 22.3 Å². The minimum absolute atomic E-state index is 0.0221. The van der Waals surface area contributed by atoms with Gasteiger partial charge in [0.25, 0.3) is 0 Å². The van der Waals surface area contributed by atoms with Gasteiger partial charge < -0.3 is 20.2 Å². The lowest BCUT2D eigenvalue weighted by atomic mass is 9.97. The number of H-pyrrole nitrogens is 2. The Balaban J connectivity index is 0.845. The van der Waals surface area contributed by atoms with E-state index < -0.39 is 0 Å². The molecule has 0 saturated carbocycles. The summed E-state index contributed by atoms with van der Waals surface area (Å²) in [7, 11) is 7.80. The Kier molecular flexibility index (Phi) is 11.7. The third-order valence-electron chi connectivity index (χ3n) is 12.3. The number of likely N-dealkylation sites (N-methyl/N-ethyl adjacent to an activating group) is 2. The summed E-state index contributed by atoms with van der Waals surface area (Å²) in [4.78, 5) is 50.0. The Labute approximate surface area is 363 Å². The minimum atomic E-state index is -0.344. The van der Waals surface area contributed by atoms with Gasteiger partial charge in [0.1, 0.15) is 23.7 Å². The van der Waals surface area contributed by atoms with Gasteiger partial charge in [0.15, 0.2) is 0 Å². The molecule has 0 aliphatic carbocycles. The number of aromatic amines is 2. The summed E-state index contributed by atoms with van der Waals surface area (Å²) in [6.45, 7) is 1.35. The van der Waals surface area contributed by atoms with Gasteiger partial charge >= 0.3 is 0 Å². The Morgan fingerprint density at radius 2 is 1.21 bits per heavy atom. The zero-order valence-corrected chi connectivity index (χ0v) is 35.9. The van der Waals surface area contributed by atoms with Crippen LogP contribution >= 0.6 is 0 Å². The number of aryl methyl sites for hydroxylation is 1. The fourth-order valence-corrected chi connectivity index (χ4v) is 9.15. The molecule has 3 heterocycles. The molecule has 314 valence electrons. The highest BCUT2D eigenvalue weighted by atomic mass is 16.2. The van der Waals surface area contributed by atoms with Gasteiger partial charge in [-0.3, -0.25) is 19.4 Å². The number of likely N-dealkylation sites (tertiary alicyclic amines) is 1. The molecule has 2 amide bonds. The van der Waals surface area contributed by atoms with E-state index in [1.165, 1.54) is 10.8 Å². The summed E-state index contributed by atoms with van der Waals surface area (Å²) in [5.41, 5.74) is 10.4. The number of carbonyl (C=O) groups is 2. The molecule has 6 aromatic carbocycles. The van der Waals surface area contributed by atoms with Crippen LogP contribution in [0.25, 0.3) is 55.1 Å². The number of imidazole rings is 2. The molecule has 8 aromatic rings. The number of rotatable bonds is 14. The lowest BCUT2D eigenvalue weighted by Gasteiger charge is -2.31. The van der Waals surface area contributed by atoms with Crippen molar-refractivity contribution >= 4 is 44.7 Å². The molecule has 0 bridgehead atoms. The first-order valence-corrected chi connectivity index (χ1v) is 21.7. The summed E-state index contributed by atoms with van der Waals surface area (Å²) < 4.78 is 0. The van der Waals surface area contributed by atoms with Crippen LogP contribution in [0.3, 0.4) is 0 Å². The second kappa shape index (κ2) is 17.8. The largest absolute Gasteiger partial charge is 0.354 e. The van der Waals surface area contributed by atoms with Crippen molar-refractivity contribution in [1.29, 1.82) is 0 Å². The molecule has 3 N–H and O–H groups in total. The highest BCUT2D eigenvalue weighted by Crippen LogP contribution is 2.36. The SMILES string of the molecule is CN(C)C(C(=O)NCCCCc1nc2ccc(-c3ccc4cc(-c5ccc6nc(C7CCCN7C(=O)C(c7ccccc7)N(C)C)[nH]c6c5)ccc4c3)cc2[nH]1)c1ccccc1. The minimum Gasteiger partial charge on any atom is -0.354 e. The fourth-order valence-electron chi connectivity index (χ4n) is 9.15. The number of amides is 2. The van der Waals surface area contributed by atoms with Crippen LogP contribution in [-0.2, 0) is 16.0 Å². The molecule has 10 heteroatoms. The van der Waals surface area contributed by atoms with E-state index in [2.05, 4.69) is 88.1 Å². The third kappa shape index (κ3) is 8.48. The van der Waals surface area contributed by atoms with Gasteiger partial charge in [0, 0.05) is 19.5 Å². The molecule has 1 fully saturated rings. The zero-order chi connectivity index (χ0) is 42.7. The molecule has 1 saturated heterocycles. The number of nitrogens with one attached hydrogen (secondary N) is 3. The van der Waals surface area contributed by atoms with E-state index >= 15 is 0 Å². The number of fused-ring (bicyclic) bond motifs is 3. The highest BCUT2D eigenvalue weighted by Gasteiger charge is 2.37. The van der Waals surface area contributed by atoms with Crippen LogP contribution in [-0.4, -0.2) is 87.7 Å². The first kappa shape index (κ1) is 40.8. The van der Waals surface area contributed by atoms with Crippen LogP contribution in [0.15, 0.2) is 133 Å². The smallest absolute Gasteiger partial charge is 0.245 e. The Bertz CT molecular complexity index is 2850. The standard InChI is InChI=1S/C52H54N8O2/c1-58(2)48(34-14-7-5-8-15-34)51(61)53-28-12-11-19-47-54-42-26-24-40(32-44(42)55-47)38-22-20-37-31-39(23-21-36(37)30-38)41-25-27-43-45(33-41)57-50(56-43)46-18-13-29-60(46)52(62)49(59(3)4)35-16-9-6-10-17-35/h5-10,14-17,20-27,30-33,46,48-49H,11-13,18-19,28-29H2,1-4H3,(H,53,61)(H,54,55)(H,56,57). The average Bonchev–Trinajstić information content (AvgIpc) is 4.05. The Morgan fingerprint density at radius 1 is 0.661 bits per heavy atom. The summed E-state index contributed by atoms with van der Waals surface area (Å²) in [6.07, 6.45) is 4.44. The maximum Gasteiger partial charge on any atom is 0.245 e. The number of benzene rings is 6. The normalized spacial score (nSPS) is 15.3. The number of nitrogens with zero attached hydrogens (tertiary/aromatic N) is 5. The topological polar surface area (TPSA) is 113 Å². The van der Waals surface area contributed by atoms with E-state index in [1.807, 2.05) is 104 Å². The molecule has 1 aliphatic heterocycles. The number of hydrogen-bond acceptors (Lipinski definition) is 6. The predicted molar refractivity (Wildman–Crippen MR) is 249 cm³/mol. The second-order valence-corrected chi connectivity index (χ2v) is 17.0. The number of unbranched alkanes of at least 4 members (excludes halogenated alkanes) is 1. The number of hydrogen-bond donors (Lipinski definition) is 3. The highest BCUT2D eigenvalue weighted by molar-refractivity contribution is 5.93. The third-order valence-corrected chi connectivity index (χ3v) is 12.3. The van der Waals surface area contributed by atoms with Crippen LogP contribution < -0.4 is 5.32 Å². The molecular formula is C52H54N8O2. The summed E-state index contributed by atoms with van der Waals surface area (Å²) in [6, 6.07) is 45.3. The molecule has 9 rings (SSSR count). The molecule has 1 aliphatic rings. The van der Waals surface area contributed by atoms with Gasteiger partial charge in [-0.25, -0.2) is 9.97 Å². The second-order valence-electron chi connectivity index (χ2n) is 17.0. The fraction of sp³-hybridized carbons (Fsp3) is 0.269. The molecule has 2 aromatic heterocycles. The van der Waals surface area contributed by atoms with Gasteiger partial charge in [0.2, 0.25) is 11.8 Å². The summed E-state index contributed by atoms with van der Waals surface area (Å²) in [5.74, 6) is 1.94. The van der Waals surface area contributed by atoms with Crippen molar-refractivity contribution < 1.29 is 9.59 Å². The van der Waals surface area contributed by atoms with Crippen LogP contribution in [0.4, 0.5) is 0 Å². The molecule has 62 heavy (non-hydrogen) atoms. The number of carbonyl (C=O) groups excluding carboxylic acids is 2. The van der Waals surface area contributed by atoms with Crippen molar-refractivity contribution in [2.45, 2.75) is 50.2 Å². The van der Waals surface area contributed by atoms with E-state index in [0.717, 1.165) is 106 Å². The van der Waals surface area contributed by atoms with Gasteiger partial charge in [-0.05, 0) is 134 Å². The van der Waals surface area contributed by atoms with E-state index in [0.29, 0.717) is 6.54 Å². The van der Waals surface area contributed by atoms with Gasteiger partial charge in [-0.2, -0.15) is 0 Å². The number of aromatic nitrogens is 4. The quantitative estimate of drug-likeness (QED) is 0.0943. The molecule has 3 unspecified atom stereocenters. The van der Waals surface area contributed by atoms with Crippen LogP contribution in [0.1, 0.15) is 66.6 Å². The molecule has 3 atom stereocenters. The van der Waals surface area contributed by atoms with Gasteiger partial charge in [0.05, 0.1) is 28.1 Å². The first-order valence-electron chi connectivity index (χ1n) is 21.7. The van der Waals surface area contributed by atoms with Crippen LogP contribution in [0.2, 0.25) is 0 Å². The zero-order valence-electron chi connectivity index (χ0n) is 35.9. The van der Waals surface area contributed by atoms with Crippen molar-refractivity contribution in [2.24, 2.45) is 0 Å². The van der Waals surface area contributed by atoms with E-state index in [1.54, 1.807) is 0 Å². The predicted octanol–water partition coefficient (Wildman–Crippen LogP) is 9.63. The lowest BCUT2D eigenvalue weighted by molar-refractivity contribution is -0.137. The van der Waals surface area contributed by atoms with Crippen LogP contribution in [0.5, 0.6) is 0 Å². The molecular weight excluding hydrogens is 769 g/mol. The van der Waals surface area contributed by atoms with Gasteiger partial charge in [-0.1, -0.05) is 97.1 Å². The maximum absolute atomic E-state index is 14.0. The van der Waals surface area contributed by atoms with E-state index in [9.17, 15) is 9.59 Å². The Hall–Kier alpha value is -6.62. The van der Waals surface area contributed by atoms with Crippen molar-refractivity contribution in [2.75, 3.05) is 41.3 Å². The Morgan fingerprint density at radius 3 is 1.82 bits per heavy atom. The lowest BCUT2D eigenvalue weighted by Crippen LogP contribution is -2.40. The summed E-state index contributed by atoms with van der Waals surface area (Å²) in [5, 5.41) is 5.47. The average molecular weight is 823 g/mol. The van der Waals surface area contributed by atoms with Gasteiger partial charge in [-0.15, -0.1) is 0 Å². The van der Waals surface area contributed by atoms with E-state index in [-0.39, 0.29) is 29.9 Å². The van der Waals surface area contributed by atoms with Crippen molar-refractivity contribution in [1.82, 2.24) is 40.0 Å². The first-order chi connectivity index (χ1) is 30.2. The monoisotopic (exact) mass is 822 g/mol. The summed E-state index contributed by atoms with van der Waals surface area (Å²) >= 11 is 0. The molecule has 0 radical (unpaired) electrons. The van der Waals surface area contributed by atoms with E-state index in [4.69, 9.17) is 9.97 Å².